The molecule has 0 bridgehead atoms. The fourth-order valence-corrected chi connectivity index (χ4v) is 8.68. The van der Waals surface area contributed by atoms with Crippen LogP contribution in [-0.2, 0) is 0 Å². The first-order valence-corrected chi connectivity index (χ1v) is 21.3. The maximum absolute atomic E-state index is 4.98. The third kappa shape index (κ3) is 7.38. The van der Waals surface area contributed by atoms with Crippen molar-refractivity contribution < 1.29 is 0 Å². The van der Waals surface area contributed by atoms with Crippen molar-refractivity contribution in [1.29, 1.82) is 0 Å². The van der Waals surface area contributed by atoms with Crippen molar-refractivity contribution in [3.63, 3.8) is 0 Å². The molecule has 6 aromatic carbocycles. The highest BCUT2D eigenvalue weighted by atomic mass is 15.2. The fourth-order valence-electron chi connectivity index (χ4n) is 8.68. The van der Waals surface area contributed by atoms with Gasteiger partial charge in [0.2, 0.25) is 0 Å². The fraction of sp³-hybridized carbons (Fsp3) is 0.154. The van der Waals surface area contributed by atoms with E-state index < -0.39 is 0 Å². The monoisotopic (exact) mass is 838 g/mol. The van der Waals surface area contributed by atoms with Crippen molar-refractivity contribution in [2.45, 2.75) is 55.4 Å². The van der Waals surface area contributed by atoms with E-state index in [0.717, 1.165) is 112 Å². The van der Waals surface area contributed by atoms with Crippen molar-refractivity contribution in [3.8, 4) is 102 Å². The summed E-state index contributed by atoms with van der Waals surface area (Å²) in [6, 6.07) is 37.5. The Kier molecular flexibility index (Phi) is 9.98. The molecule has 10 rings (SSSR count). The number of aromatic nitrogens is 12. The molecule has 314 valence electrons. The van der Waals surface area contributed by atoms with Crippen molar-refractivity contribution in [2.75, 3.05) is 0 Å². The lowest BCUT2D eigenvalue weighted by atomic mass is 9.90. The van der Waals surface area contributed by atoms with Crippen LogP contribution in [0.2, 0.25) is 0 Å². The molecular weight excluding hydrogens is 793 g/mol. The van der Waals surface area contributed by atoms with Gasteiger partial charge in [0.05, 0.1) is 0 Å². The van der Waals surface area contributed by atoms with Gasteiger partial charge in [-0.25, -0.2) is 19.9 Å². The molecule has 64 heavy (non-hydrogen) atoms. The van der Waals surface area contributed by atoms with E-state index >= 15 is 0 Å². The van der Waals surface area contributed by atoms with Crippen molar-refractivity contribution in [2.24, 2.45) is 0 Å². The van der Waals surface area contributed by atoms with Crippen LogP contribution in [0.3, 0.4) is 0 Å². The Labute approximate surface area is 370 Å². The summed E-state index contributed by atoms with van der Waals surface area (Å²) in [5.74, 6) is 5.37. The largest absolute Gasteiger partial charge is 0.259 e. The molecule has 4 heterocycles. The molecule has 0 radical (unpaired) electrons. The molecular formula is C52H46N12. The number of nitrogens with zero attached hydrogens (tertiary/aromatic N) is 8. The number of hydrogen-bond acceptors (Lipinski definition) is 8. The van der Waals surface area contributed by atoms with Crippen molar-refractivity contribution in [3.05, 3.63) is 154 Å². The highest BCUT2D eigenvalue weighted by Gasteiger charge is 2.19. The minimum atomic E-state index is 0.602. The molecule has 10 aromatic rings. The van der Waals surface area contributed by atoms with Gasteiger partial charge in [0, 0.05) is 44.5 Å². The highest BCUT2D eigenvalue weighted by Crippen LogP contribution is 2.36. The number of aryl methyl sites for hydroxylation is 8. The van der Waals surface area contributed by atoms with E-state index in [-0.39, 0.29) is 0 Å². The van der Waals surface area contributed by atoms with Gasteiger partial charge in [0.15, 0.2) is 46.6 Å². The predicted molar refractivity (Wildman–Crippen MR) is 253 cm³/mol. The van der Waals surface area contributed by atoms with Crippen LogP contribution in [0, 0.1) is 55.4 Å². The standard InChI is InChI=1S/C52H46N12/c1-27-18-19-28(2)41(20-27)49-53-45(57-61-49)35-14-10-15-36(25-35)46-54-50(62-58-46)42-24-31(5)40(23-32(42)6)39-21-33(7)44(34(8)22-39)52-56-48(60-64-52)38-17-11-16-37(26-38)47-55-51(63-59-47)43-29(3)12-9-13-30(43)4/h9-26H,1-8H3,(H,53,57,61)(H,54,58,62)(H,55,59,63)(H,56,60,64). The quantitative estimate of drug-likeness (QED) is 0.111. The van der Waals surface area contributed by atoms with Gasteiger partial charge in [0.1, 0.15) is 0 Å². The van der Waals surface area contributed by atoms with Crippen LogP contribution in [0.5, 0.6) is 0 Å². The van der Waals surface area contributed by atoms with E-state index in [2.05, 4.69) is 157 Å². The summed E-state index contributed by atoms with van der Waals surface area (Å²) in [6.45, 7) is 16.8. The van der Waals surface area contributed by atoms with Crippen molar-refractivity contribution >= 4 is 0 Å². The van der Waals surface area contributed by atoms with Crippen molar-refractivity contribution in [1.82, 2.24) is 60.7 Å². The summed E-state index contributed by atoms with van der Waals surface area (Å²) in [5, 5.41) is 31.1. The van der Waals surface area contributed by atoms with Crippen LogP contribution in [-0.4, -0.2) is 60.7 Å². The average Bonchev–Trinajstić information content (AvgIpc) is 4.14. The Bertz CT molecular complexity index is 3350. The van der Waals surface area contributed by atoms with Gasteiger partial charge in [-0.1, -0.05) is 90.5 Å². The van der Waals surface area contributed by atoms with E-state index in [1.165, 1.54) is 5.56 Å². The number of aromatic amines is 4. The minimum absolute atomic E-state index is 0.602. The molecule has 0 saturated carbocycles. The normalized spacial score (nSPS) is 11.4. The highest BCUT2D eigenvalue weighted by molar-refractivity contribution is 5.80. The van der Waals surface area contributed by atoms with Crippen LogP contribution < -0.4 is 0 Å². The molecule has 12 nitrogen and oxygen atoms in total. The third-order valence-corrected chi connectivity index (χ3v) is 12.0. The minimum Gasteiger partial charge on any atom is -0.259 e. The van der Waals surface area contributed by atoms with E-state index in [4.69, 9.17) is 19.9 Å². The number of H-pyrrole nitrogens is 4. The van der Waals surface area contributed by atoms with E-state index in [9.17, 15) is 0 Å². The lowest BCUT2D eigenvalue weighted by Gasteiger charge is -2.15. The van der Waals surface area contributed by atoms with E-state index in [1.807, 2.05) is 48.5 Å². The molecule has 0 aliphatic heterocycles. The summed E-state index contributed by atoms with van der Waals surface area (Å²) in [5.41, 5.74) is 19.0. The molecule has 4 aromatic heterocycles. The number of rotatable bonds is 9. The molecule has 0 aliphatic rings. The van der Waals surface area contributed by atoms with Crippen LogP contribution in [0.25, 0.3) is 102 Å². The van der Waals surface area contributed by atoms with Gasteiger partial charge in [0.25, 0.3) is 0 Å². The maximum Gasteiger partial charge on any atom is 0.181 e. The van der Waals surface area contributed by atoms with E-state index in [1.54, 1.807) is 0 Å². The lowest BCUT2D eigenvalue weighted by Crippen LogP contribution is -1.95. The molecule has 0 saturated heterocycles. The first kappa shape index (κ1) is 40.0. The Hall–Kier alpha value is -8.12. The van der Waals surface area contributed by atoms with Gasteiger partial charge in [-0.15, -0.1) is 0 Å². The molecule has 0 spiro atoms. The second-order valence-corrected chi connectivity index (χ2v) is 16.7. The smallest absolute Gasteiger partial charge is 0.181 e. The van der Waals surface area contributed by atoms with Crippen LogP contribution >= 0.6 is 0 Å². The zero-order valence-corrected chi connectivity index (χ0v) is 37.0. The van der Waals surface area contributed by atoms with Gasteiger partial charge < -0.3 is 0 Å². The Balaban J connectivity index is 0.877. The number of benzene rings is 6. The zero-order valence-electron chi connectivity index (χ0n) is 37.0. The van der Waals surface area contributed by atoms with Gasteiger partial charge in [-0.3, -0.25) is 20.4 Å². The van der Waals surface area contributed by atoms with Gasteiger partial charge in [-0.05, 0) is 130 Å². The average molecular weight is 839 g/mol. The predicted octanol–water partition coefficient (Wildman–Crippen LogP) is 11.6. The summed E-state index contributed by atoms with van der Waals surface area (Å²) in [6.07, 6.45) is 0. The summed E-state index contributed by atoms with van der Waals surface area (Å²) in [4.78, 5) is 19.6. The molecule has 0 atom stereocenters. The second-order valence-electron chi connectivity index (χ2n) is 16.7. The summed E-state index contributed by atoms with van der Waals surface area (Å²) >= 11 is 0. The molecule has 0 fully saturated rings. The zero-order chi connectivity index (χ0) is 44.2. The molecule has 0 unspecified atom stereocenters. The maximum atomic E-state index is 4.98. The molecule has 4 N–H and O–H groups in total. The Morgan fingerprint density at radius 1 is 0.297 bits per heavy atom. The molecule has 0 aliphatic carbocycles. The first-order valence-electron chi connectivity index (χ1n) is 21.3. The van der Waals surface area contributed by atoms with Gasteiger partial charge >= 0.3 is 0 Å². The molecule has 12 heteroatoms. The third-order valence-electron chi connectivity index (χ3n) is 12.0. The Morgan fingerprint density at radius 3 is 1.19 bits per heavy atom. The van der Waals surface area contributed by atoms with E-state index in [0.29, 0.717) is 29.1 Å². The number of nitrogens with one attached hydrogen (secondary N) is 4. The number of hydrogen-bond donors (Lipinski definition) is 4. The molecule has 0 amide bonds. The second kappa shape index (κ2) is 16.0. The Morgan fingerprint density at radius 2 is 0.688 bits per heavy atom. The summed E-state index contributed by atoms with van der Waals surface area (Å²) < 4.78 is 0. The summed E-state index contributed by atoms with van der Waals surface area (Å²) in [7, 11) is 0. The van der Waals surface area contributed by atoms with Crippen LogP contribution in [0.4, 0.5) is 0 Å². The SMILES string of the molecule is Cc1ccc(C)c(-c2nc(-c3cccc(-c4n[nH]c(-c5cc(C)c(-c6cc(C)c(-c7nc(-c8cccc(-c9n[nH]c(-c%10c(C)cccc%10C)n9)c8)n[nH]7)c(C)c6)cc5C)n4)c3)n[nH]2)c1. The lowest BCUT2D eigenvalue weighted by molar-refractivity contribution is 1.09. The first-order chi connectivity index (χ1) is 31.0. The topological polar surface area (TPSA) is 166 Å². The van der Waals surface area contributed by atoms with Crippen LogP contribution in [0.15, 0.2) is 109 Å². The van der Waals surface area contributed by atoms with Gasteiger partial charge in [-0.2, -0.15) is 20.4 Å². The van der Waals surface area contributed by atoms with Crippen LogP contribution in [0.1, 0.15) is 44.5 Å².